The monoisotopic (exact) mass is 277 g/mol. The molecule has 4 N–H and O–H groups in total. The number of nitriles is 1. The lowest BCUT2D eigenvalue weighted by Gasteiger charge is -2.26. The molecule has 0 heterocycles. The van der Waals surface area contributed by atoms with E-state index in [2.05, 4.69) is 0 Å². The van der Waals surface area contributed by atoms with Gasteiger partial charge in [0, 0.05) is 13.1 Å². The largest absolute Gasteiger partial charge is 0.504 e. The number of carbonyl (C=O) groups is 1. The van der Waals surface area contributed by atoms with E-state index in [-0.39, 0.29) is 36.3 Å². The van der Waals surface area contributed by atoms with E-state index >= 15 is 0 Å². The van der Waals surface area contributed by atoms with Gasteiger partial charge < -0.3 is 20.8 Å². The molecule has 0 aliphatic rings. The van der Waals surface area contributed by atoms with Gasteiger partial charge in [-0.3, -0.25) is 4.79 Å². The summed E-state index contributed by atoms with van der Waals surface area (Å²) in [5.41, 5.74) is 6.51. The van der Waals surface area contributed by atoms with Crippen LogP contribution in [-0.4, -0.2) is 40.2 Å². The number of rotatable bonds is 5. The van der Waals surface area contributed by atoms with Crippen molar-refractivity contribution < 1.29 is 15.0 Å². The van der Waals surface area contributed by atoms with Crippen LogP contribution in [0, 0.1) is 11.3 Å². The minimum atomic E-state index is -0.759. The number of amides is 1. The molecule has 1 rings (SSSR count). The molecule has 0 saturated heterocycles. The van der Waals surface area contributed by atoms with Gasteiger partial charge in [-0.15, -0.1) is 0 Å². The number of phenolic OH excluding ortho intramolecular Hbond substituents is 2. The summed E-state index contributed by atoms with van der Waals surface area (Å²) in [7, 11) is 1.61. The molecule has 0 aliphatic carbocycles. The van der Waals surface area contributed by atoms with Gasteiger partial charge in [-0.25, -0.2) is 0 Å². The summed E-state index contributed by atoms with van der Waals surface area (Å²) >= 11 is 0. The fourth-order valence-electron chi connectivity index (χ4n) is 1.79. The Morgan fingerprint density at radius 3 is 2.65 bits per heavy atom. The van der Waals surface area contributed by atoms with Crippen molar-refractivity contribution in [3.63, 3.8) is 0 Å². The molecule has 1 amide bonds. The number of carbonyl (C=O) groups excluding carboxylic acids is 1. The third-order valence-electron chi connectivity index (χ3n) is 3.21. The van der Waals surface area contributed by atoms with Gasteiger partial charge in [0.25, 0.3) is 0 Å². The highest BCUT2D eigenvalue weighted by atomic mass is 16.3. The first kappa shape index (κ1) is 15.8. The molecule has 0 aromatic heterocycles. The maximum atomic E-state index is 12.1. The Labute approximate surface area is 118 Å². The lowest BCUT2D eigenvalue weighted by atomic mass is 10.0. The average molecular weight is 277 g/mol. The van der Waals surface area contributed by atoms with Crippen LogP contribution in [-0.2, 0) is 11.2 Å². The van der Waals surface area contributed by atoms with Crippen molar-refractivity contribution in [1.29, 1.82) is 5.26 Å². The SMILES string of the molecule is CC(CC#N)N(C)C(=O)[C@@H](N)Cc1ccc(O)c(O)c1. The number of nitrogens with zero attached hydrogens (tertiary/aromatic N) is 2. The molecule has 2 atom stereocenters. The number of benzene rings is 1. The van der Waals surface area contributed by atoms with E-state index in [1.165, 1.54) is 17.0 Å². The number of aromatic hydroxyl groups is 2. The Balaban J connectivity index is 2.70. The number of hydrogen-bond donors (Lipinski definition) is 3. The van der Waals surface area contributed by atoms with E-state index in [0.29, 0.717) is 5.56 Å². The second kappa shape index (κ2) is 6.78. The van der Waals surface area contributed by atoms with Crippen molar-refractivity contribution in [3.8, 4) is 17.6 Å². The zero-order chi connectivity index (χ0) is 15.3. The van der Waals surface area contributed by atoms with E-state index in [1.54, 1.807) is 20.0 Å². The fourth-order valence-corrected chi connectivity index (χ4v) is 1.79. The summed E-state index contributed by atoms with van der Waals surface area (Å²) in [4.78, 5) is 13.5. The van der Waals surface area contributed by atoms with Crippen molar-refractivity contribution in [3.05, 3.63) is 23.8 Å². The van der Waals surface area contributed by atoms with Gasteiger partial charge in [0.15, 0.2) is 11.5 Å². The molecule has 1 aromatic rings. The zero-order valence-corrected chi connectivity index (χ0v) is 11.6. The van der Waals surface area contributed by atoms with Crippen molar-refractivity contribution in [1.82, 2.24) is 4.90 Å². The highest BCUT2D eigenvalue weighted by Gasteiger charge is 2.22. The van der Waals surface area contributed by atoms with Crippen LogP contribution in [0.15, 0.2) is 18.2 Å². The molecular weight excluding hydrogens is 258 g/mol. The molecule has 1 unspecified atom stereocenters. The molecule has 0 bridgehead atoms. The third-order valence-corrected chi connectivity index (χ3v) is 3.21. The summed E-state index contributed by atoms with van der Waals surface area (Å²) in [6, 6.07) is 5.37. The van der Waals surface area contributed by atoms with E-state index < -0.39 is 6.04 Å². The van der Waals surface area contributed by atoms with Crippen molar-refractivity contribution in [2.75, 3.05) is 7.05 Å². The Hall–Kier alpha value is -2.26. The van der Waals surface area contributed by atoms with Crippen LogP contribution in [0.5, 0.6) is 11.5 Å². The Bertz CT molecular complexity index is 525. The van der Waals surface area contributed by atoms with Crippen LogP contribution >= 0.6 is 0 Å². The number of hydrogen-bond acceptors (Lipinski definition) is 5. The molecule has 0 saturated carbocycles. The van der Waals surface area contributed by atoms with Gasteiger partial charge in [0.2, 0.25) is 5.91 Å². The lowest BCUT2D eigenvalue weighted by Crippen LogP contribution is -2.46. The summed E-state index contributed by atoms with van der Waals surface area (Å²) in [6.07, 6.45) is 0.491. The van der Waals surface area contributed by atoms with Crippen molar-refractivity contribution in [2.45, 2.75) is 31.8 Å². The van der Waals surface area contributed by atoms with E-state index in [9.17, 15) is 15.0 Å². The van der Waals surface area contributed by atoms with Gasteiger partial charge in [0.05, 0.1) is 18.5 Å². The third kappa shape index (κ3) is 3.87. The van der Waals surface area contributed by atoms with Gasteiger partial charge in [-0.1, -0.05) is 6.07 Å². The maximum Gasteiger partial charge on any atom is 0.239 e. The lowest BCUT2D eigenvalue weighted by molar-refractivity contribution is -0.132. The van der Waals surface area contributed by atoms with E-state index in [0.717, 1.165) is 0 Å². The van der Waals surface area contributed by atoms with Gasteiger partial charge >= 0.3 is 0 Å². The van der Waals surface area contributed by atoms with E-state index in [1.807, 2.05) is 6.07 Å². The quantitative estimate of drug-likeness (QED) is 0.687. The van der Waals surface area contributed by atoms with Crippen LogP contribution in [0.1, 0.15) is 18.9 Å². The minimum Gasteiger partial charge on any atom is -0.504 e. The van der Waals surface area contributed by atoms with Gasteiger partial charge in [-0.05, 0) is 31.0 Å². The molecule has 0 fully saturated rings. The Kier molecular flexibility index (Phi) is 5.35. The second-order valence-corrected chi connectivity index (χ2v) is 4.79. The van der Waals surface area contributed by atoms with Crippen LogP contribution in [0.2, 0.25) is 0 Å². The topological polar surface area (TPSA) is 111 Å². The average Bonchev–Trinajstić information content (AvgIpc) is 2.41. The molecular formula is C14H19N3O3. The number of likely N-dealkylation sites (N-methyl/N-ethyl adjacent to an activating group) is 1. The normalized spacial score (nSPS) is 13.3. The van der Waals surface area contributed by atoms with Crippen molar-refractivity contribution >= 4 is 5.91 Å². The zero-order valence-electron chi connectivity index (χ0n) is 11.6. The maximum absolute atomic E-state index is 12.1. The Morgan fingerprint density at radius 1 is 1.45 bits per heavy atom. The van der Waals surface area contributed by atoms with Crippen LogP contribution < -0.4 is 5.73 Å². The summed E-state index contributed by atoms with van der Waals surface area (Å²) in [5, 5.41) is 27.2. The van der Waals surface area contributed by atoms with Crippen LogP contribution in [0.4, 0.5) is 0 Å². The summed E-state index contributed by atoms with van der Waals surface area (Å²) in [5.74, 6) is -0.720. The second-order valence-electron chi connectivity index (χ2n) is 4.79. The van der Waals surface area contributed by atoms with Gasteiger partial charge in [-0.2, -0.15) is 5.26 Å². The molecule has 0 aliphatic heterocycles. The summed E-state index contributed by atoms with van der Waals surface area (Å²) in [6.45, 7) is 1.78. The predicted octanol–water partition coefficient (Wildman–Crippen LogP) is 0.728. The highest BCUT2D eigenvalue weighted by molar-refractivity contribution is 5.82. The molecule has 0 radical (unpaired) electrons. The molecule has 6 nitrogen and oxygen atoms in total. The predicted molar refractivity (Wildman–Crippen MR) is 73.9 cm³/mol. The minimum absolute atomic E-state index is 0.202. The first-order valence-electron chi connectivity index (χ1n) is 6.26. The number of nitrogens with two attached hydrogens (primary N) is 1. The molecule has 1 aromatic carbocycles. The number of phenols is 2. The molecule has 6 heteroatoms. The van der Waals surface area contributed by atoms with E-state index in [4.69, 9.17) is 11.0 Å². The standard InChI is InChI=1S/C14H19N3O3/c1-9(5-6-15)17(2)14(20)11(16)7-10-3-4-12(18)13(19)8-10/h3-4,8-9,11,18-19H,5,7,16H2,1-2H3/t9?,11-/m0/s1. The summed E-state index contributed by atoms with van der Waals surface area (Å²) < 4.78 is 0. The van der Waals surface area contributed by atoms with Crippen LogP contribution in [0.25, 0.3) is 0 Å². The highest BCUT2D eigenvalue weighted by Crippen LogP contribution is 2.25. The first-order chi connectivity index (χ1) is 9.36. The van der Waals surface area contributed by atoms with Gasteiger partial charge in [0.1, 0.15) is 0 Å². The van der Waals surface area contributed by atoms with Crippen LogP contribution in [0.3, 0.4) is 0 Å². The molecule has 108 valence electrons. The van der Waals surface area contributed by atoms with Crippen molar-refractivity contribution in [2.24, 2.45) is 5.73 Å². The smallest absolute Gasteiger partial charge is 0.239 e. The Morgan fingerprint density at radius 2 is 2.10 bits per heavy atom. The molecule has 20 heavy (non-hydrogen) atoms. The fraction of sp³-hybridized carbons (Fsp3) is 0.429. The first-order valence-corrected chi connectivity index (χ1v) is 6.26. The molecule has 0 spiro atoms.